The number of carbonyl (C=O) groups is 1. The Kier molecular flexibility index (Phi) is 9.47. The molecule has 0 aromatic heterocycles. The molecule has 0 saturated heterocycles. The maximum atomic E-state index is 13.0. The third-order valence-electron chi connectivity index (χ3n) is 6.64. The van der Waals surface area contributed by atoms with Crippen molar-refractivity contribution >= 4 is 22.1 Å². The molecule has 0 fully saturated rings. The molecule has 0 saturated carbocycles. The summed E-state index contributed by atoms with van der Waals surface area (Å²) in [5.41, 5.74) is 3.46. The summed E-state index contributed by atoms with van der Waals surface area (Å²) in [7, 11) is -2.28. The van der Waals surface area contributed by atoms with E-state index in [1.165, 1.54) is 34.6 Å². The Balaban J connectivity index is 1.48. The molecule has 196 valence electrons. The van der Waals surface area contributed by atoms with Gasteiger partial charge in [0.25, 0.3) is 0 Å². The van der Waals surface area contributed by atoms with Gasteiger partial charge >= 0.3 is 5.97 Å². The topological polar surface area (TPSA) is 107 Å². The average molecular weight is 515 g/mol. The summed E-state index contributed by atoms with van der Waals surface area (Å²) in [6.45, 7) is 4.53. The van der Waals surface area contributed by atoms with Crippen molar-refractivity contribution in [2.45, 2.75) is 62.5 Å². The minimum absolute atomic E-state index is 0.0167. The maximum Gasteiger partial charge on any atom is 0.303 e. The van der Waals surface area contributed by atoms with E-state index in [2.05, 4.69) is 43.4 Å². The Morgan fingerprint density at radius 1 is 1.14 bits per heavy atom. The van der Waals surface area contributed by atoms with Gasteiger partial charge in [0.1, 0.15) is 0 Å². The van der Waals surface area contributed by atoms with E-state index >= 15 is 0 Å². The molecular formula is C28H38N2O5S. The van der Waals surface area contributed by atoms with Crippen LogP contribution in [0.15, 0.2) is 59.5 Å². The molecule has 1 atom stereocenters. The van der Waals surface area contributed by atoms with Gasteiger partial charge in [-0.25, -0.2) is 8.42 Å². The van der Waals surface area contributed by atoms with Crippen LogP contribution in [0, 0.1) is 5.92 Å². The quantitative estimate of drug-likeness (QED) is 0.376. The van der Waals surface area contributed by atoms with Gasteiger partial charge in [0.2, 0.25) is 10.0 Å². The third-order valence-corrected chi connectivity index (χ3v) is 8.48. The van der Waals surface area contributed by atoms with E-state index in [4.69, 9.17) is 5.11 Å². The fraction of sp³-hybridized carbons (Fsp3) is 0.464. The van der Waals surface area contributed by atoms with E-state index in [-0.39, 0.29) is 23.4 Å². The minimum atomic E-state index is -3.75. The smallest absolute Gasteiger partial charge is 0.303 e. The summed E-state index contributed by atoms with van der Waals surface area (Å²) in [6.07, 6.45) is 6.25. The van der Waals surface area contributed by atoms with Crippen LogP contribution < -0.4 is 5.32 Å². The van der Waals surface area contributed by atoms with E-state index in [9.17, 15) is 18.3 Å². The van der Waals surface area contributed by atoms with Crippen molar-refractivity contribution in [3.8, 4) is 0 Å². The van der Waals surface area contributed by atoms with Crippen LogP contribution in [0.5, 0.6) is 0 Å². The highest BCUT2D eigenvalue weighted by atomic mass is 32.2. The van der Waals surface area contributed by atoms with Crippen LogP contribution in [0.1, 0.15) is 49.8 Å². The van der Waals surface area contributed by atoms with Crippen LogP contribution in [-0.2, 0) is 27.7 Å². The summed E-state index contributed by atoms with van der Waals surface area (Å²) in [5.74, 6) is -0.301. The first kappa shape index (κ1) is 28.1. The number of hydrogen-bond acceptors (Lipinski definition) is 5. The number of nitrogens with one attached hydrogen (secondary N) is 1. The highest BCUT2D eigenvalue weighted by Gasteiger charge is 2.29. The molecule has 1 aliphatic rings. The molecule has 0 radical (unpaired) electrons. The number of benzene rings is 2. The Hall–Kier alpha value is -2.52. The third kappa shape index (κ3) is 8.00. The first-order valence-corrected chi connectivity index (χ1v) is 13.8. The van der Waals surface area contributed by atoms with Crippen LogP contribution >= 0.6 is 0 Å². The van der Waals surface area contributed by atoms with Gasteiger partial charge in [-0.05, 0) is 74.3 Å². The Morgan fingerprint density at radius 2 is 1.75 bits per heavy atom. The van der Waals surface area contributed by atoms with Gasteiger partial charge < -0.3 is 15.5 Å². The molecule has 1 aliphatic carbocycles. The van der Waals surface area contributed by atoms with Crippen LogP contribution in [-0.4, -0.2) is 60.7 Å². The summed E-state index contributed by atoms with van der Waals surface area (Å²) in [6, 6.07) is 15.0. The van der Waals surface area contributed by atoms with Gasteiger partial charge in [0.05, 0.1) is 11.0 Å². The molecule has 8 heteroatoms. The number of aliphatic carboxylic acids is 1. The number of carboxylic acid groups (broad SMARTS) is 1. The number of carboxylic acids is 1. The van der Waals surface area contributed by atoms with E-state index in [1.54, 1.807) is 24.3 Å². The lowest BCUT2D eigenvalue weighted by atomic mass is 9.88. The van der Waals surface area contributed by atoms with Gasteiger partial charge in [0, 0.05) is 32.1 Å². The molecule has 3 rings (SSSR count). The molecule has 0 amide bonds. The molecule has 36 heavy (non-hydrogen) atoms. The molecule has 0 heterocycles. The molecule has 0 spiro atoms. The number of aliphatic hydroxyl groups excluding tert-OH is 1. The Labute approximate surface area is 214 Å². The minimum Gasteiger partial charge on any atom is -0.481 e. The number of nitrogens with zero attached hydrogens (tertiary/aromatic N) is 1. The lowest BCUT2D eigenvalue weighted by Gasteiger charge is -2.31. The zero-order valence-electron chi connectivity index (χ0n) is 21.4. The lowest BCUT2D eigenvalue weighted by Crippen LogP contribution is -2.47. The largest absolute Gasteiger partial charge is 0.481 e. The highest BCUT2D eigenvalue weighted by molar-refractivity contribution is 7.89. The van der Waals surface area contributed by atoms with E-state index in [1.807, 2.05) is 0 Å². The van der Waals surface area contributed by atoms with Crippen molar-refractivity contribution < 1.29 is 23.4 Å². The summed E-state index contributed by atoms with van der Waals surface area (Å²) < 4.78 is 27.1. The molecule has 2 aromatic carbocycles. The lowest BCUT2D eigenvalue weighted by molar-refractivity contribution is -0.136. The van der Waals surface area contributed by atoms with Crippen LogP contribution in [0.4, 0.5) is 0 Å². The highest BCUT2D eigenvalue weighted by Crippen LogP contribution is 2.31. The molecule has 2 aromatic rings. The number of sulfonamides is 1. The van der Waals surface area contributed by atoms with Crippen molar-refractivity contribution in [2.24, 2.45) is 5.92 Å². The Bertz CT molecular complexity index is 1130. The van der Waals surface area contributed by atoms with Gasteiger partial charge in [-0.2, -0.15) is 4.31 Å². The summed E-state index contributed by atoms with van der Waals surface area (Å²) in [5, 5.41) is 22.7. The molecule has 3 N–H and O–H groups in total. The average Bonchev–Trinajstić information content (AvgIpc) is 3.22. The van der Waals surface area contributed by atoms with E-state index < -0.39 is 22.1 Å². The molecule has 0 unspecified atom stereocenters. The van der Waals surface area contributed by atoms with Gasteiger partial charge in [0.15, 0.2) is 0 Å². The second kappa shape index (κ2) is 12.1. The number of rotatable bonds is 13. The Morgan fingerprint density at radius 3 is 2.33 bits per heavy atom. The number of β-amino-alcohol motifs (C(OH)–C–C–N with tert-alkyl or cyclic N) is 1. The number of likely N-dealkylation sites (N-methyl/N-ethyl adjacent to an activating group) is 1. The van der Waals surface area contributed by atoms with E-state index in [0.29, 0.717) is 18.9 Å². The van der Waals surface area contributed by atoms with Gasteiger partial charge in [-0.3, -0.25) is 4.79 Å². The van der Waals surface area contributed by atoms with Crippen molar-refractivity contribution in [1.82, 2.24) is 9.62 Å². The SMILES string of the molecule is CN(C[C@H](O)CNC(C)(C)CC1Cc2ccccc2C1)S(=O)(=O)c1ccc(C=CCCC(=O)O)cc1. The van der Waals surface area contributed by atoms with Gasteiger partial charge in [-0.15, -0.1) is 0 Å². The summed E-state index contributed by atoms with van der Waals surface area (Å²) in [4.78, 5) is 10.7. The number of allylic oxidation sites excluding steroid dienone is 1. The number of hydrogen-bond donors (Lipinski definition) is 3. The molecule has 0 bridgehead atoms. The van der Waals surface area contributed by atoms with Crippen molar-refractivity contribution in [2.75, 3.05) is 20.1 Å². The fourth-order valence-electron chi connectivity index (χ4n) is 4.80. The van der Waals surface area contributed by atoms with Crippen molar-refractivity contribution in [1.29, 1.82) is 0 Å². The normalized spacial score (nSPS) is 15.5. The number of aliphatic hydroxyl groups is 1. The van der Waals surface area contributed by atoms with Gasteiger partial charge in [-0.1, -0.05) is 48.6 Å². The molecule has 0 aliphatic heterocycles. The number of fused-ring (bicyclic) bond motifs is 1. The van der Waals surface area contributed by atoms with Crippen LogP contribution in [0.25, 0.3) is 6.08 Å². The zero-order chi connectivity index (χ0) is 26.3. The van der Waals surface area contributed by atoms with E-state index in [0.717, 1.165) is 24.8 Å². The summed E-state index contributed by atoms with van der Waals surface area (Å²) >= 11 is 0. The predicted octanol–water partition coefficient (Wildman–Crippen LogP) is 3.72. The predicted molar refractivity (Wildman–Crippen MR) is 142 cm³/mol. The fourth-order valence-corrected chi connectivity index (χ4v) is 6.01. The molecular weight excluding hydrogens is 476 g/mol. The first-order chi connectivity index (χ1) is 17.0. The zero-order valence-corrected chi connectivity index (χ0v) is 22.2. The maximum absolute atomic E-state index is 13.0. The second-order valence-electron chi connectivity index (χ2n) is 10.4. The van der Waals surface area contributed by atoms with Crippen molar-refractivity contribution in [3.05, 3.63) is 71.3 Å². The molecule has 7 nitrogen and oxygen atoms in total. The first-order valence-electron chi connectivity index (χ1n) is 12.4. The monoisotopic (exact) mass is 514 g/mol. The second-order valence-corrected chi connectivity index (χ2v) is 12.4. The van der Waals surface area contributed by atoms with Crippen LogP contribution in [0.2, 0.25) is 0 Å². The standard InChI is InChI=1S/C28H38N2O5S/c1-28(2,18-22-16-23-9-5-6-10-24(23)17-22)29-19-25(31)20-30(3)36(34,35)26-14-12-21(13-15-26)8-4-7-11-27(32)33/h4-6,8-10,12-15,22,25,29,31H,7,11,16-20H2,1-3H3,(H,32,33)/t25-/m1/s1. The van der Waals surface area contributed by atoms with Crippen molar-refractivity contribution in [3.63, 3.8) is 0 Å². The van der Waals surface area contributed by atoms with Crippen LogP contribution in [0.3, 0.4) is 0 Å².